The van der Waals surface area contributed by atoms with E-state index < -0.39 is 34.9 Å². The molecule has 4 aliphatic rings. The molecule has 4 rings (SSSR count). The molecule has 2 aliphatic carbocycles. The first-order chi connectivity index (χ1) is 11.5. The fourth-order valence-corrected chi connectivity index (χ4v) is 5.95. The first-order valence-electron chi connectivity index (χ1n) is 9.54. The highest BCUT2D eigenvalue weighted by Gasteiger charge is 2.70. The van der Waals surface area contributed by atoms with Crippen molar-refractivity contribution in [3.05, 3.63) is 11.6 Å². The molecule has 5 heteroatoms. The van der Waals surface area contributed by atoms with Crippen LogP contribution in [0.4, 0.5) is 0 Å². The second-order valence-corrected chi connectivity index (χ2v) is 9.44. The molecule has 4 bridgehead atoms. The van der Waals surface area contributed by atoms with Gasteiger partial charge in [-0.05, 0) is 49.4 Å². The third kappa shape index (κ3) is 2.54. The second-order valence-electron chi connectivity index (χ2n) is 9.44. The van der Waals surface area contributed by atoms with E-state index in [9.17, 15) is 20.4 Å². The monoisotopic (exact) mass is 354 g/mol. The van der Waals surface area contributed by atoms with E-state index in [1.807, 2.05) is 34.6 Å². The van der Waals surface area contributed by atoms with Crippen LogP contribution in [-0.2, 0) is 4.74 Å². The Balaban J connectivity index is 2.19. The van der Waals surface area contributed by atoms with Crippen molar-refractivity contribution in [2.75, 3.05) is 6.61 Å². The number of rotatable bonds is 0. The molecule has 3 fully saturated rings. The van der Waals surface area contributed by atoms with Gasteiger partial charge in [-0.25, -0.2) is 0 Å². The maximum Gasteiger partial charge on any atom is 0.198 e. The lowest BCUT2D eigenvalue weighted by Gasteiger charge is -2.65. The zero-order chi connectivity index (χ0) is 18.8. The van der Waals surface area contributed by atoms with E-state index in [-0.39, 0.29) is 24.4 Å². The first-order valence-corrected chi connectivity index (χ1v) is 9.54. The Bertz CT molecular complexity index is 554. The van der Waals surface area contributed by atoms with Crippen molar-refractivity contribution in [3.8, 4) is 0 Å². The summed E-state index contributed by atoms with van der Waals surface area (Å²) >= 11 is 0. The minimum atomic E-state index is -2.24. The van der Waals surface area contributed by atoms with Gasteiger partial charge in [0.1, 0.15) is 6.10 Å². The number of fused-ring (bicyclic) bond motifs is 6. The highest BCUT2D eigenvalue weighted by molar-refractivity contribution is 5.24. The van der Waals surface area contributed by atoms with Crippen molar-refractivity contribution < 1.29 is 25.2 Å². The fourth-order valence-electron chi connectivity index (χ4n) is 5.95. The zero-order valence-electron chi connectivity index (χ0n) is 16.1. The molecule has 1 saturated carbocycles. The van der Waals surface area contributed by atoms with Crippen LogP contribution >= 0.6 is 0 Å². The van der Waals surface area contributed by atoms with Crippen LogP contribution in [0, 0.1) is 28.6 Å². The van der Waals surface area contributed by atoms with Crippen LogP contribution in [0.1, 0.15) is 53.9 Å². The minimum Gasteiger partial charge on any atom is -0.390 e. The normalized spacial score (nSPS) is 49.2. The molecule has 0 radical (unpaired) electrons. The van der Waals surface area contributed by atoms with E-state index >= 15 is 0 Å². The van der Waals surface area contributed by atoms with E-state index in [2.05, 4.69) is 6.08 Å². The number of hydrogen-bond donors (Lipinski definition) is 4. The van der Waals surface area contributed by atoms with Crippen molar-refractivity contribution in [1.82, 2.24) is 0 Å². The third-order valence-electron chi connectivity index (χ3n) is 7.81. The maximum absolute atomic E-state index is 11.1. The number of aliphatic hydroxyl groups excluding tert-OH is 2. The smallest absolute Gasteiger partial charge is 0.198 e. The summed E-state index contributed by atoms with van der Waals surface area (Å²) in [5.41, 5.74) is -0.176. The molecule has 1 unspecified atom stereocenters. The number of ether oxygens (including phenoxy) is 1. The Morgan fingerprint density at radius 3 is 2.40 bits per heavy atom. The summed E-state index contributed by atoms with van der Waals surface area (Å²) in [4.78, 5) is 0. The summed E-state index contributed by atoms with van der Waals surface area (Å²) in [5.74, 6) is -2.27. The van der Waals surface area contributed by atoms with E-state index in [0.717, 1.165) is 24.8 Å². The SMILES string of the molecule is CC1=CC[C@H]2C(C)(C)[C@H]3OC[C@H](O)[C@@H](C)CC[C@@H]1[C@@]2(C)C(O)(O)C3O. The summed E-state index contributed by atoms with van der Waals surface area (Å²) in [6.07, 6.45) is 1.70. The summed E-state index contributed by atoms with van der Waals surface area (Å²) in [6.45, 7) is 10.1. The number of allylic oxidation sites excluding steroid dienone is 2. The van der Waals surface area contributed by atoms with Gasteiger partial charge >= 0.3 is 0 Å². The lowest BCUT2D eigenvalue weighted by atomic mass is 9.44. The summed E-state index contributed by atoms with van der Waals surface area (Å²) in [6, 6.07) is 0. The van der Waals surface area contributed by atoms with Gasteiger partial charge in [-0.15, -0.1) is 0 Å². The van der Waals surface area contributed by atoms with E-state index in [1.54, 1.807) is 0 Å². The van der Waals surface area contributed by atoms with Gasteiger partial charge in [-0.2, -0.15) is 0 Å². The molecule has 0 aromatic carbocycles. The largest absolute Gasteiger partial charge is 0.390 e. The average Bonchev–Trinajstić information content (AvgIpc) is 2.52. The Morgan fingerprint density at radius 1 is 1.12 bits per heavy atom. The van der Waals surface area contributed by atoms with Crippen molar-refractivity contribution in [3.63, 3.8) is 0 Å². The Kier molecular flexibility index (Phi) is 4.66. The average molecular weight is 354 g/mol. The standard InChI is InChI=1S/C20H34O5/c1-11-7-9-15-18(3,4)17-16(22)20(23,24)19(15,5)13(11)8-6-12(2)14(21)10-25-17/h7,12-17,21-24H,6,8-10H2,1-5H3/t12-,13-,14-,15-,16?,17-,19+/m0/s1. The van der Waals surface area contributed by atoms with Crippen LogP contribution in [0.2, 0.25) is 0 Å². The third-order valence-corrected chi connectivity index (χ3v) is 7.81. The van der Waals surface area contributed by atoms with Crippen LogP contribution in [-0.4, -0.2) is 51.1 Å². The van der Waals surface area contributed by atoms with Gasteiger partial charge in [0.15, 0.2) is 5.79 Å². The maximum atomic E-state index is 11.1. The molecule has 0 spiro atoms. The molecule has 0 aromatic heterocycles. The Morgan fingerprint density at radius 2 is 1.76 bits per heavy atom. The molecule has 7 atom stereocenters. The highest BCUT2D eigenvalue weighted by atomic mass is 16.6. The molecular weight excluding hydrogens is 320 g/mol. The quantitative estimate of drug-likeness (QED) is 0.394. The van der Waals surface area contributed by atoms with Crippen LogP contribution in [0.3, 0.4) is 0 Å². The molecule has 2 aliphatic heterocycles. The molecule has 144 valence electrons. The van der Waals surface area contributed by atoms with E-state index in [1.165, 1.54) is 0 Å². The van der Waals surface area contributed by atoms with Gasteiger partial charge < -0.3 is 25.2 Å². The molecule has 25 heavy (non-hydrogen) atoms. The Labute approximate surface area is 150 Å². The second kappa shape index (κ2) is 6.03. The van der Waals surface area contributed by atoms with Gasteiger partial charge in [0.25, 0.3) is 0 Å². The summed E-state index contributed by atoms with van der Waals surface area (Å²) < 4.78 is 5.93. The van der Waals surface area contributed by atoms with E-state index in [4.69, 9.17) is 4.74 Å². The molecular formula is C20H34O5. The van der Waals surface area contributed by atoms with Crippen LogP contribution in [0.15, 0.2) is 11.6 Å². The zero-order valence-corrected chi connectivity index (χ0v) is 16.1. The van der Waals surface area contributed by atoms with Gasteiger partial charge in [-0.3, -0.25) is 0 Å². The van der Waals surface area contributed by atoms with Crippen molar-refractivity contribution in [2.24, 2.45) is 28.6 Å². The molecule has 2 heterocycles. The van der Waals surface area contributed by atoms with E-state index in [0.29, 0.717) is 0 Å². The van der Waals surface area contributed by atoms with Gasteiger partial charge in [0.2, 0.25) is 0 Å². The molecule has 4 N–H and O–H groups in total. The van der Waals surface area contributed by atoms with Crippen molar-refractivity contribution in [1.29, 1.82) is 0 Å². The minimum absolute atomic E-state index is 0.0392. The fraction of sp³-hybridized carbons (Fsp3) is 0.900. The molecule has 0 aromatic rings. The highest BCUT2D eigenvalue weighted by Crippen LogP contribution is 2.64. The van der Waals surface area contributed by atoms with Crippen LogP contribution in [0.5, 0.6) is 0 Å². The molecule has 5 nitrogen and oxygen atoms in total. The summed E-state index contributed by atoms with van der Waals surface area (Å²) in [7, 11) is 0. The van der Waals surface area contributed by atoms with Gasteiger partial charge in [0, 0.05) is 5.41 Å². The van der Waals surface area contributed by atoms with Gasteiger partial charge in [0.05, 0.1) is 18.8 Å². The van der Waals surface area contributed by atoms with Crippen molar-refractivity contribution in [2.45, 2.75) is 78.0 Å². The van der Waals surface area contributed by atoms with Crippen molar-refractivity contribution >= 4 is 0 Å². The topological polar surface area (TPSA) is 90.2 Å². The van der Waals surface area contributed by atoms with Crippen LogP contribution < -0.4 is 0 Å². The molecule has 0 amide bonds. The summed E-state index contributed by atoms with van der Waals surface area (Å²) in [5, 5.41) is 43.6. The number of hydrogen-bond acceptors (Lipinski definition) is 5. The number of aliphatic hydroxyl groups is 4. The van der Waals surface area contributed by atoms with Gasteiger partial charge in [-0.1, -0.05) is 39.3 Å². The molecule has 2 saturated heterocycles. The lowest BCUT2D eigenvalue weighted by Crippen LogP contribution is -2.74. The van der Waals surface area contributed by atoms with Crippen LogP contribution in [0.25, 0.3) is 0 Å². The predicted molar refractivity (Wildman–Crippen MR) is 94.6 cm³/mol. The Hall–Kier alpha value is -0.460. The first kappa shape index (κ1) is 19.3. The predicted octanol–water partition coefficient (Wildman–Crippen LogP) is 1.83. The lowest BCUT2D eigenvalue weighted by molar-refractivity contribution is -0.376.